The van der Waals surface area contributed by atoms with Crippen molar-refractivity contribution in [2.45, 2.75) is 19.4 Å². The molecule has 2 aromatic carbocycles. The average molecular weight is 353 g/mol. The van der Waals surface area contributed by atoms with Crippen LogP contribution in [0.1, 0.15) is 25.2 Å². The Balaban J connectivity index is 1.53. The van der Waals surface area contributed by atoms with Gasteiger partial charge in [-0.2, -0.15) is 0 Å². The van der Waals surface area contributed by atoms with Crippen molar-refractivity contribution in [1.82, 2.24) is 15.3 Å². The number of nitrogens with one attached hydrogen (secondary N) is 3. The monoisotopic (exact) mass is 353 g/mol. The van der Waals surface area contributed by atoms with Crippen LogP contribution in [0.15, 0.2) is 48.5 Å². The number of hydrogen-bond acceptors (Lipinski definition) is 5. The number of anilines is 1. The molecule has 3 N–H and O–H groups in total. The first-order chi connectivity index (χ1) is 12.5. The van der Waals surface area contributed by atoms with Crippen LogP contribution in [-0.4, -0.2) is 27.3 Å². The number of imidazole rings is 1. The van der Waals surface area contributed by atoms with Crippen molar-refractivity contribution in [2.24, 2.45) is 0 Å². The first-order valence-electron chi connectivity index (χ1n) is 8.26. The fraction of sp³-hybridized carbons (Fsp3) is 0.222. The highest BCUT2D eigenvalue weighted by molar-refractivity contribution is 5.78. The lowest BCUT2D eigenvalue weighted by atomic mass is 10.2. The standard InChI is InChI=1S/C18H19N5O3/c1-12(18-21-13-6-2-3-7-14(13)22-18)20-17(24)10-11-19-15-8-4-5-9-16(15)23(25)26/h2-9,12,19H,10-11H2,1H3,(H,20,24)(H,21,22). The van der Waals surface area contributed by atoms with Crippen LogP contribution in [0.3, 0.4) is 0 Å². The van der Waals surface area contributed by atoms with Gasteiger partial charge < -0.3 is 15.6 Å². The SMILES string of the molecule is CC(NC(=O)CCNc1ccccc1[N+](=O)[O-])c1nc2ccccc2[nH]1. The topological polar surface area (TPSA) is 113 Å². The molecule has 0 aliphatic heterocycles. The number of rotatable bonds is 7. The summed E-state index contributed by atoms with van der Waals surface area (Å²) in [6, 6.07) is 13.7. The molecule has 26 heavy (non-hydrogen) atoms. The lowest BCUT2D eigenvalue weighted by molar-refractivity contribution is -0.384. The molecule has 8 nitrogen and oxygen atoms in total. The van der Waals surface area contributed by atoms with Crippen LogP contribution in [0.4, 0.5) is 11.4 Å². The van der Waals surface area contributed by atoms with Crippen molar-refractivity contribution in [3.8, 4) is 0 Å². The maximum Gasteiger partial charge on any atom is 0.292 e. The van der Waals surface area contributed by atoms with E-state index in [1.807, 2.05) is 31.2 Å². The van der Waals surface area contributed by atoms with Gasteiger partial charge in [0.1, 0.15) is 11.5 Å². The molecule has 0 spiro atoms. The van der Waals surface area contributed by atoms with Gasteiger partial charge in [0, 0.05) is 19.0 Å². The number of benzene rings is 2. The van der Waals surface area contributed by atoms with Gasteiger partial charge in [-0.05, 0) is 25.1 Å². The summed E-state index contributed by atoms with van der Waals surface area (Å²) >= 11 is 0. The molecule has 1 heterocycles. The number of carbonyl (C=O) groups excluding carboxylic acids is 1. The summed E-state index contributed by atoms with van der Waals surface area (Å²) in [5.41, 5.74) is 2.16. The zero-order valence-electron chi connectivity index (χ0n) is 14.2. The number of aromatic nitrogens is 2. The number of hydrogen-bond donors (Lipinski definition) is 3. The van der Waals surface area contributed by atoms with E-state index in [0.29, 0.717) is 18.1 Å². The van der Waals surface area contributed by atoms with Crippen LogP contribution in [0, 0.1) is 10.1 Å². The highest BCUT2D eigenvalue weighted by Gasteiger charge is 2.15. The number of fused-ring (bicyclic) bond motifs is 1. The number of carbonyl (C=O) groups is 1. The molecule has 1 aromatic heterocycles. The van der Waals surface area contributed by atoms with Gasteiger partial charge in [0.05, 0.1) is 22.0 Å². The summed E-state index contributed by atoms with van der Waals surface area (Å²) in [6.07, 6.45) is 0.191. The Morgan fingerprint density at radius 2 is 1.96 bits per heavy atom. The maximum absolute atomic E-state index is 12.1. The van der Waals surface area contributed by atoms with Crippen molar-refractivity contribution in [3.63, 3.8) is 0 Å². The molecular weight excluding hydrogens is 334 g/mol. The summed E-state index contributed by atoms with van der Waals surface area (Å²) in [4.78, 5) is 30.3. The molecule has 0 fully saturated rings. The summed E-state index contributed by atoms with van der Waals surface area (Å²) < 4.78 is 0. The zero-order valence-corrected chi connectivity index (χ0v) is 14.2. The van der Waals surface area contributed by atoms with Crippen molar-refractivity contribution >= 4 is 28.3 Å². The van der Waals surface area contributed by atoms with Gasteiger partial charge in [-0.25, -0.2) is 4.98 Å². The van der Waals surface area contributed by atoms with Crippen LogP contribution in [0.2, 0.25) is 0 Å². The summed E-state index contributed by atoms with van der Waals surface area (Å²) in [5, 5.41) is 16.8. The number of nitro benzene ring substituents is 1. The Morgan fingerprint density at radius 1 is 1.23 bits per heavy atom. The molecule has 0 aliphatic rings. The molecule has 0 aliphatic carbocycles. The van der Waals surface area contributed by atoms with Gasteiger partial charge in [0.2, 0.25) is 5.91 Å². The minimum absolute atomic E-state index is 0.0106. The van der Waals surface area contributed by atoms with E-state index in [0.717, 1.165) is 11.0 Å². The lowest BCUT2D eigenvalue weighted by Gasteiger charge is -2.12. The largest absolute Gasteiger partial charge is 0.379 e. The van der Waals surface area contributed by atoms with E-state index >= 15 is 0 Å². The highest BCUT2D eigenvalue weighted by atomic mass is 16.6. The molecule has 0 radical (unpaired) electrons. The lowest BCUT2D eigenvalue weighted by Crippen LogP contribution is -2.28. The third-order valence-corrected chi connectivity index (χ3v) is 3.96. The van der Waals surface area contributed by atoms with Crippen molar-refractivity contribution in [1.29, 1.82) is 0 Å². The van der Waals surface area contributed by atoms with Crippen LogP contribution < -0.4 is 10.6 Å². The maximum atomic E-state index is 12.1. The third-order valence-electron chi connectivity index (χ3n) is 3.96. The second kappa shape index (κ2) is 7.64. The Kier molecular flexibility index (Phi) is 5.12. The Hall–Kier alpha value is -3.42. The van der Waals surface area contributed by atoms with Gasteiger partial charge in [-0.3, -0.25) is 14.9 Å². The molecule has 0 bridgehead atoms. The number of H-pyrrole nitrogens is 1. The quantitative estimate of drug-likeness (QED) is 0.446. The Labute approximate surface area is 149 Å². The number of nitro groups is 1. The van der Waals surface area contributed by atoms with Gasteiger partial charge >= 0.3 is 0 Å². The van der Waals surface area contributed by atoms with Gasteiger partial charge in [0.25, 0.3) is 5.69 Å². The molecule has 3 rings (SSSR count). The van der Waals surface area contributed by atoms with Crippen molar-refractivity contribution < 1.29 is 9.72 Å². The second-order valence-corrected chi connectivity index (χ2v) is 5.88. The van der Waals surface area contributed by atoms with Crippen molar-refractivity contribution in [3.05, 3.63) is 64.5 Å². The predicted molar refractivity (Wildman–Crippen MR) is 98.9 cm³/mol. The normalized spacial score (nSPS) is 11.9. The number of amides is 1. The molecule has 3 aromatic rings. The Morgan fingerprint density at radius 3 is 2.73 bits per heavy atom. The van der Waals surface area contributed by atoms with E-state index in [-0.39, 0.29) is 24.1 Å². The third kappa shape index (κ3) is 3.97. The molecule has 0 saturated heterocycles. The smallest absolute Gasteiger partial charge is 0.292 e. The summed E-state index contributed by atoms with van der Waals surface area (Å²) in [5.74, 6) is 0.523. The van der Waals surface area contributed by atoms with Crippen LogP contribution in [0.5, 0.6) is 0 Å². The minimum Gasteiger partial charge on any atom is -0.379 e. The molecule has 1 amide bonds. The number of nitrogens with zero attached hydrogens (tertiary/aromatic N) is 2. The van der Waals surface area contributed by atoms with E-state index in [1.54, 1.807) is 18.2 Å². The van der Waals surface area contributed by atoms with Gasteiger partial charge in [-0.15, -0.1) is 0 Å². The molecule has 134 valence electrons. The number of aromatic amines is 1. The fourth-order valence-corrected chi connectivity index (χ4v) is 2.65. The summed E-state index contributed by atoms with van der Waals surface area (Å²) in [7, 11) is 0. The van der Waals surface area contributed by atoms with E-state index in [1.165, 1.54) is 6.07 Å². The van der Waals surface area contributed by atoms with Crippen LogP contribution in [-0.2, 0) is 4.79 Å². The predicted octanol–water partition coefficient (Wildman–Crippen LogP) is 3.15. The first kappa shape index (κ1) is 17.4. The van der Waals surface area contributed by atoms with Crippen molar-refractivity contribution in [2.75, 3.05) is 11.9 Å². The molecule has 8 heteroatoms. The Bertz CT molecular complexity index is 904. The summed E-state index contributed by atoms with van der Waals surface area (Å²) in [6.45, 7) is 2.15. The molecule has 0 saturated carbocycles. The highest BCUT2D eigenvalue weighted by Crippen LogP contribution is 2.23. The van der Waals surface area contributed by atoms with E-state index in [9.17, 15) is 14.9 Å². The molecular formula is C18H19N5O3. The van der Waals surface area contributed by atoms with Crippen LogP contribution in [0.25, 0.3) is 11.0 Å². The second-order valence-electron chi connectivity index (χ2n) is 5.88. The van der Waals surface area contributed by atoms with Crippen LogP contribution >= 0.6 is 0 Å². The van der Waals surface area contributed by atoms with Gasteiger partial charge in [-0.1, -0.05) is 24.3 Å². The number of para-hydroxylation sites is 4. The first-order valence-corrected chi connectivity index (χ1v) is 8.26. The van der Waals surface area contributed by atoms with E-state index in [2.05, 4.69) is 20.6 Å². The molecule has 1 atom stereocenters. The fourth-order valence-electron chi connectivity index (χ4n) is 2.65. The van der Waals surface area contributed by atoms with E-state index in [4.69, 9.17) is 0 Å². The van der Waals surface area contributed by atoms with E-state index < -0.39 is 4.92 Å². The van der Waals surface area contributed by atoms with Gasteiger partial charge in [0.15, 0.2) is 0 Å². The average Bonchev–Trinajstić information content (AvgIpc) is 3.06. The zero-order chi connectivity index (χ0) is 18.5. The molecule has 1 unspecified atom stereocenters. The minimum atomic E-state index is -0.452.